The number of sulfone groups is 1. The molecule has 0 aromatic heterocycles. The number of aryl methyl sites for hydroxylation is 1. The van der Waals surface area contributed by atoms with Gasteiger partial charge in [-0.05, 0) is 47.9 Å². The molecule has 0 unspecified atom stereocenters. The summed E-state index contributed by atoms with van der Waals surface area (Å²) < 4.78 is 52.4. The van der Waals surface area contributed by atoms with E-state index in [0.717, 1.165) is 29.8 Å². The summed E-state index contributed by atoms with van der Waals surface area (Å²) in [6.45, 7) is 1.90. The van der Waals surface area contributed by atoms with Gasteiger partial charge in [0, 0.05) is 0 Å². The molecule has 3 aromatic rings. The molecule has 0 saturated heterocycles. The predicted octanol–water partition coefficient (Wildman–Crippen LogP) is 4.12. The molecule has 0 radical (unpaired) electrons. The summed E-state index contributed by atoms with van der Waals surface area (Å²) in [7, 11) is -3.76. The molecule has 28 heavy (non-hydrogen) atoms. The van der Waals surface area contributed by atoms with Gasteiger partial charge in [0.1, 0.15) is 17.2 Å². The minimum absolute atomic E-state index is 0.216. The van der Waals surface area contributed by atoms with E-state index in [1.807, 2.05) is 19.1 Å². The van der Waals surface area contributed by atoms with Crippen LogP contribution in [-0.2, 0) is 21.2 Å². The monoisotopic (exact) mass is 402 g/mol. The van der Waals surface area contributed by atoms with Crippen molar-refractivity contribution >= 4 is 9.84 Å². The highest BCUT2D eigenvalue weighted by Crippen LogP contribution is 2.32. The number of hydrogen-bond donors (Lipinski definition) is 1. The lowest BCUT2D eigenvalue weighted by Gasteiger charge is -2.29. The van der Waals surface area contributed by atoms with Crippen LogP contribution in [0.1, 0.15) is 22.3 Å². The molecule has 0 fully saturated rings. The van der Waals surface area contributed by atoms with Crippen LogP contribution in [0.15, 0.2) is 72.8 Å². The highest BCUT2D eigenvalue weighted by Gasteiger charge is 2.37. The van der Waals surface area contributed by atoms with Crippen LogP contribution in [0.2, 0.25) is 0 Å². The van der Waals surface area contributed by atoms with Gasteiger partial charge < -0.3 is 5.11 Å². The fourth-order valence-electron chi connectivity index (χ4n) is 3.09. The van der Waals surface area contributed by atoms with Gasteiger partial charge in [-0.25, -0.2) is 17.2 Å². The Hall–Kier alpha value is -2.57. The van der Waals surface area contributed by atoms with Crippen molar-refractivity contribution in [1.29, 1.82) is 0 Å². The van der Waals surface area contributed by atoms with Crippen molar-refractivity contribution in [1.82, 2.24) is 0 Å². The fraction of sp³-hybridized carbons (Fsp3) is 0.182. The zero-order valence-corrected chi connectivity index (χ0v) is 16.1. The zero-order chi connectivity index (χ0) is 20.4. The van der Waals surface area contributed by atoms with Crippen molar-refractivity contribution in [3.05, 3.63) is 107 Å². The molecular formula is C22H20F2O3S. The molecule has 0 heterocycles. The molecule has 0 aliphatic carbocycles. The predicted molar refractivity (Wildman–Crippen MR) is 104 cm³/mol. The Balaban J connectivity index is 2.00. The maximum Gasteiger partial charge on any atom is 0.157 e. The average Bonchev–Trinajstić information content (AvgIpc) is 2.64. The summed E-state index contributed by atoms with van der Waals surface area (Å²) in [5, 5.41) is 11.4. The van der Waals surface area contributed by atoms with Gasteiger partial charge in [0.25, 0.3) is 0 Å². The van der Waals surface area contributed by atoms with E-state index in [4.69, 9.17) is 0 Å². The smallest absolute Gasteiger partial charge is 0.157 e. The van der Waals surface area contributed by atoms with Gasteiger partial charge in [0.05, 0.1) is 11.5 Å². The lowest BCUT2D eigenvalue weighted by Crippen LogP contribution is -2.36. The Labute approximate surface area is 163 Å². The van der Waals surface area contributed by atoms with E-state index >= 15 is 0 Å². The van der Waals surface area contributed by atoms with Gasteiger partial charge in [0.15, 0.2) is 9.84 Å². The highest BCUT2D eigenvalue weighted by atomic mass is 32.2. The van der Waals surface area contributed by atoms with Gasteiger partial charge in [-0.3, -0.25) is 0 Å². The van der Waals surface area contributed by atoms with Crippen LogP contribution in [0.4, 0.5) is 8.78 Å². The summed E-state index contributed by atoms with van der Waals surface area (Å²) in [4.78, 5) is 0. The van der Waals surface area contributed by atoms with E-state index in [1.165, 1.54) is 24.3 Å². The minimum Gasteiger partial charge on any atom is -0.379 e. The quantitative estimate of drug-likeness (QED) is 0.675. The third-order valence-corrected chi connectivity index (χ3v) is 6.21. The minimum atomic E-state index is -3.76. The van der Waals surface area contributed by atoms with Gasteiger partial charge >= 0.3 is 0 Å². The lowest BCUT2D eigenvalue weighted by atomic mass is 9.88. The molecule has 0 aliphatic rings. The van der Waals surface area contributed by atoms with E-state index in [-0.39, 0.29) is 16.9 Å². The van der Waals surface area contributed by atoms with Crippen molar-refractivity contribution < 1.29 is 22.3 Å². The van der Waals surface area contributed by atoms with Crippen molar-refractivity contribution in [3.63, 3.8) is 0 Å². The SMILES string of the molecule is Cc1ccc(CS(=O)(=O)CC(O)(c2ccc(F)cc2)c2ccc(F)cc2)cc1. The number of hydrogen-bond acceptors (Lipinski definition) is 3. The summed E-state index contributed by atoms with van der Waals surface area (Å²) >= 11 is 0. The van der Waals surface area contributed by atoms with E-state index in [1.54, 1.807) is 12.1 Å². The summed E-state index contributed by atoms with van der Waals surface area (Å²) in [5.41, 5.74) is 0.104. The summed E-state index contributed by atoms with van der Waals surface area (Å²) in [6, 6.07) is 17.0. The van der Waals surface area contributed by atoms with E-state index < -0.39 is 32.8 Å². The van der Waals surface area contributed by atoms with Gasteiger partial charge in [-0.1, -0.05) is 54.1 Å². The Bertz CT molecular complexity index is 997. The molecule has 146 valence electrons. The second kappa shape index (κ2) is 7.81. The maximum absolute atomic E-state index is 13.3. The maximum atomic E-state index is 13.3. The fourth-order valence-corrected chi connectivity index (χ4v) is 4.86. The third kappa shape index (κ3) is 4.64. The first-order chi connectivity index (χ1) is 13.2. The molecule has 3 aromatic carbocycles. The van der Waals surface area contributed by atoms with Crippen LogP contribution in [-0.4, -0.2) is 19.3 Å². The second-order valence-corrected chi connectivity index (χ2v) is 8.96. The third-order valence-electron chi connectivity index (χ3n) is 4.58. The number of aliphatic hydroxyl groups is 1. The van der Waals surface area contributed by atoms with E-state index in [0.29, 0.717) is 5.56 Å². The van der Waals surface area contributed by atoms with Gasteiger partial charge in [-0.15, -0.1) is 0 Å². The Morgan fingerprint density at radius 3 is 1.64 bits per heavy atom. The average molecular weight is 402 g/mol. The van der Waals surface area contributed by atoms with Crippen LogP contribution in [0, 0.1) is 18.6 Å². The number of halogens is 2. The van der Waals surface area contributed by atoms with E-state index in [2.05, 4.69) is 0 Å². The van der Waals surface area contributed by atoms with Crippen molar-refractivity contribution in [2.45, 2.75) is 18.3 Å². The molecule has 0 aliphatic heterocycles. The van der Waals surface area contributed by atoms with Crippen molar-refractivity contribution in [2.24, 2.45) is 0 Å². The first kappa shape index (κ1) is 20.2. The van der Waals surface area contributed by atoms with Crippen molar-refractivity contribution in [3.8, 4) is 0 Å². The van der Waals surface area contributed by atoms with Crippen LogP contribution in [0.25, 0.3) is 0 Å². The van der Waals surface area contributed by atoms with Crippen LogP contribution in [0.5, 0.6) is 0 Å². The molecule has 3 nitrogen and oxygen atoms in total. The number of benzene rings is 3. The largest absolute Gasteiger partial charge is 0.379 e. The van der Waals surface area contributed by atoms with Crippen LogP contribution < -0.4 is 0 Å². The molecule has 0 atom stereocenters. The highest BCUT2D eigenvalue weighted by molar-refractivity contribution is 7.90. The van der Waals surface area contributed by atoms with Crippen molar-refractivity contribution in [2.75, 3.05) is 5.75 Å². The summed E-state index contributed by atoms with van der Waals surface area (Å²) in [6.07, 6.45) is 0. The number of rotatable bonds is 6. The van der Waals surface area contributed by atoms with Crippen LogP contribution in [0.3, 0.4) is 0 Å². The molecule has 0 saturated carbocycles. The molecular weight excluding hydrogens is 382 g/mol. The molecule has 0 spiro atoms. The van der Waals surface area contributed by atoms with Gasteiger partial charge in [-0.2, -0.15) is 0 Å². The molecule has 3 rings (SSSR count). The summed E-state index contributed by atoms with van der Waals surface area (Å²) in [5.74, 6) is -1.89. The normalized spacial score (nSPS) is 12.1. The molecule has 0 bridgehead atoms. The van der Waals surface area contributed by atoms with E-state index in [9.17, 15) is 22.3 Å². The standard InChI is InChI=1S/C22H20F2O3S/c1-16-2-4-17(5-3-16)14-28(26,27)15-22(25,18-6-10-20(23)11-7-18)19-8-12-21(24)13-9-19/h2-13,25H,14-15H2,1H3. The van der Waals surface area contributed by atoms with Gasteiger partial charge in [0.2, 0.25) is 0 Å². The topological polar surface area (TPSA) is 54.4 Å². The lowest BCUT2D eigenvalue weighted by molar-refractivity contribution is 0.105. The van der Waals surface area contributed by atoms with Crippen LogP contribution >= 0.6 is 0 Å². The Morgan fingerprint density at radius 2 is 1.21 bits per heavy atom. The molecule has 0 amide bonds. The Kier molecular flexibility index (Phi) is 5.63. The molecule has 6 heteroatoms. The first-order valence-corrected chi connectivity index (χ1v) is 10.5. The molecule has 1 N–H and O–H groups in total. The second-order valence-electron chi connectivity index (χ2n) is 6.89. The zero-order valence-electron chi connectivity index (χ0n) is 15.3. The Morgan fingerprint density at radius 1 is 0.786 bits per heavy atom. The first-order valence-electron chi connectivity index (χ1n) is 8.68.